The van der Waals surface area contributed by atoms with Crippen molar-refractivity contribution in [2.75, 3.05) is 0 Å². The number of aromatic hydroxyl groups is 2. The Bertz CT molecular complexity index is 940. The second-order valence-corrected chi connectivity index (χ2v) is 11.2. The van der Waals surface area contributed by atoms with Crippen molar-refractivity contribution in [3.8, 4) is 11.5 Å². The zero-order valence-corrected chi connectivity index (χ0v) is 21.5. The van der Waals surface area contributed by atoms with Gasteiger partial charge in [0.25, 0.3) is 0 Å². The van der Waals surface area contributed by atoms with Crippen LogP contribution in [0.15, 0.2) is 24.3 Å². The summed E-state index contributed by atoms with van der Waals surface area (Å²) >= 11 is 0. The van der Waals surface area contributed by atoms with Crippen LogP contribution >= 0.6 is 0 Å². The van der Waals surface area contributed by atoms with E-state index < -0.39 is 0 Å². The Labute approximate surface area is 205 Å². The van der Waals surface area contributed by atoms with E-state index in [1.165, 1.54) is 38.5 Å². The molecule has 0 aliphatic heterocycles. The van der Waals surface area contributed by atoms with Gasteiger partial charge in [-0.15, -0.1) is 0 Å². The molecule has 0 aromatic heterocycles. The SMILES string of the molecule is CC(C)c1c(C(=O)c2ccc(O)c(C3CCCCC3)c2C(C)C)ccc(O)c1C1CCCCC1. The molecule has 2 saturated carbocycles. The van der Waals surface area contributed by atoms with Gasteiger partial charge in [-0.1, -0.05) is 66.2 Å². The van der Waals surface area contributed by atoms with Crippen LogP contribution in [-0.4, -0.2) is 16.0 Å². The number of hydrogen-bond acceptors (Lipinski definition) is 3. The molecule has 0 radical (unpaired) electrons. The number of benzene rings is 2. The second kappa shape index (κ2) is 10.5. The van der Waals surface area contributed by atoms with Crippen LogP contribution in [0.4, 0.5) is 0 Å². The third-order valence-electron chi connectivity index (χ3n) is 8.20. The van der Waals surface area contributed by atoms with Gasteiger partial charge in [-0.05, 0) is 84.7 Å². The predicted molar refractivity (Wildman–Crippen MR) is 139 cm³/mol. The van der Waals surface area contributed by atoms with Crippen LogP contribution < -0.4 is 0 Å². The Balaban J connectivity index is 1.86. The van der Waals surface area contributed by atoms with Crippen molar-refractivity contribution < 1.29 is 15.0 Å². The molecule has 3 nitrogen and oxygen atoms in total. The minimum absolute atomic E-state index is 0.0292. The van der Waals surface area contributed by atoms with Crippen LogP contribution in [0.1, 0.15) is 154 Å². The summed E-state index contributed by atoms with van der Waals surface area (Å²) in [7, 11) is 0. The molecule has 0 atom stereocenters. The lowest BCUT2D eigenvalue weighted by Crippen LogP contribution is -2.17. The fraction of sp³-hybridized carbons (Fsp3) is 0.581. The van der Waals surface area contributed by atoms with Gasteiger partial charge in [0.2, 0.25) is 0 Å². The summed E-state index contributed by atoms with van der Waals surface area (Å²) in [6.07, 6.45) is 11.5. The maximum atomic E-state index is 14.2. The Morgan fingerprint density at radius 1 is 0.647 bits per heavy atom. The van der Waals surface area contributed by atoms with Crippen LogP contribution in [0.5, 0.6) is 11.5 Å². The highest BCUT2D eigenvalue weighted by Gasteiger charge is 2.31. The molecule has 4 rings (SSSR count). The van der Waals surface area contributed by atoms with E-state index in [0.29, 0.717) is 23.3 Å². The van der Waals surface area contributed by atoms with E-state index in [1.54, 1.807) is 12.1 Å². The van der Waals surface area contributed by atoms with Gasteiger partial charge < -0.3 is 10.2 Å². The quantitative estimate of drug-likeness (QED) is 0.422. The maximum absolute atomic E-state index is 14.2. The largest absolute Gasteiger partial charge is 0.508 e. The molecule has 0 bridgehead atoms. The predicted octanol–water partition coefficient (Wildman–Crippen LogP) is 8.67. The first-order valence-corrected chi connectivity index (χ1v) is 13.6. The van der Waals surface area contributed by atoms with E-state index in [4.69, 9.17) is 0 Å². The van der Waals surface area contributed by atoms with E-state index in [0.717, 1.165) is 59.1 Å². The number of rotatable bonds is 6. The summed E-state index contributed by atoms with van der Waals surface area (Å²) in [5, 5.41) is 21.8. The van der Waals surface area contributed by atoms with Gasteiger partial charge in [0.1, 0.15) is 11.5 Å². The third kappa shape index (κ3) is 4.76. The van der Waals surface area contributed by atoms with Gasteiger partial charge in [-0.3, -0.25) is 4.79 Å². The van der Waals surface area contributed by atoms with Gasteiger partial charge in [-0.2, -0.15) is 0 Å². The van der Waals surface area contributed by atoms with Crippen LogP contribution in [-0.2, 0) is 0 Å². The lowest BCUT2D eigenvalue weighted by Gasteiger charge is -2.29. The van der Waals surface area contributed by atoms with Crippen molar-refractivity contribution in [1.29, 1.82) is 0 Å². The normalized spacial score (nSPS) is 18.1. The summed E-state index contributed by atoms with van der Waals surface area (Å²) in [5.74, 6) is 1.62. The molecule has 2 N–H and O–H groups in total. The minimum Gasteiger partial charge on any atom is -0.508 e. The summed E-state index contributed by atoms with van der Waals surface area (Å²) in [4.78, 5) is 14.2. The smallest absolute Gasteiger partial charge is 0.193 e. The average molecular weight is 463 g/mol. The Hall–Kier alpha value is -2.29. The number of ketones is 1. The molecule has 0 heterocycles. The first kappa shape index (κ1) is 24.8. The molecular formula is C31H42O3. The molecule has 2 aromatic rings. The average Bonchev–Trinajstić information content (AvgIpc) is 2.84. The zero-order chi connectivity index (χ0) is 24.4. The molecule has 184 valence electrons. The molecule has 0 amide bonds. The Kier molecular flexibility index (Phi) is 7.70. The van der Waals surface area contributed by atoms with Crippen molar-refractivity contribution in [2.24, 2.45) is 0 Å². The fourth-order valence-corrected chi connectivity index (χ4v) is 6.68. The molecule has 2 aromatic carbocycles. The third-order valence-corrected chi connectivity index (χ3v) is 8.20. The van der Waals surface area contributed by atoms with Crippen molar-refractivity contribution >= 4 is 5.78 Å². The zero-order valence-electron chi connectivity index (χ0n) is 21.5. The summed E-state index contributed by atoms with van der Waals surface area (Å²) in [5.41, 5.74) is 5.46. The fourth-order valence-electron chi connectivity index (χ4n) is 6.68. The standard InChI is InChI=1S/C31H42O3/c1-19(2)27-23(15-17-25(32)29(27)21-11-7-5-8-12-21)31(34)24-16-18-26(33)30(28(24)20(3)4)22-13-9-6-10-14-22/h15-22,32-33H,5-14H2,1-4H3. The molecule has 2 fully saturated rings. The number of phenols is 2. The molecule has 34 heavy (non-hydrogen) atoms. The van der Waals surface area contributed by atoms with Crippen LogP contribution in [0, 0.1) is 0 Å². The van der Waals surface area contributed by atoms with Gasteiger partial charge in [0.15, 0.2) is 5.78 Å². The lowest BCUT2D eigenvalue weighted by atomic mass is 9.75. The summed E-state index contributed by atoms with van der Waals surface area (Å²) in [6.45, 7) is 8.52. The Morgan fingerprint density at radius 3 is 1.32 bits per heavy atom. The van der Waals surface area contributed by atoms with E-state index in [-0.39, 0.29) is 17.6 Å². The van der Waals surface area contributed by atoms with E-state index in [1.807, 2.05) is 12.1 Å². The van der Waals surface area contributed by atoms with E-state index in [9.17, 15) is 15.0 Å². The van der Waals surface area contributed by atoms with Crippen molar-refractivity contribution in [3.63, 3.8) is 0 Å². The molecule has 0 saturated heterocycles. The highest BCUT2D eigenvalue weighted by Crippen LogP contribution is 2.45. The molecule has 3 heteroatoms. The topological polar surface area (TPSA) is 57.5 Å². The van der Waals surface area contributed by atoms with Gasteiger partial charge in [-0.25, -0.2) is 0 Å². The summed E-state index contributed by atoms with van der Waals surface area (Å²) in [6, 6.07) is 7.13. The van der Waals surface area contributed by atoms with E-state index >= 15 is 0 Å². The summed E-state index contributed by atoms with van der Waals surface area (Å²) < 4.78 is 0. The number of phenolic OH excluding ortho intramolecular Hbond substituents is 2. The first-order valence-electron chi connectivity index (χ1n) is 13.6. The maximum Gasteiger partial charge on any atom is 0.193 e. The second-order valence-electron chi connectivity index (χ2n) is 11.2. The Morgan fingerprint density at radius 2 is 1.00 bits per heavy atom. The molecule has 2 aliphatic carbocycles. The number of hydrogen-bond donors (Lipinski definition) is 2. The number of carbonyl (C=O) groups is 1. The number of carbonyl (C=O) groups excluding carboxylic acids is 1. The monoisotopic (exact) mass is 462 g/mol. The molecular weight excluding hydrogens is 420 g/mol. The minimum atomic E-state index is 0.0292. The van der Waals surface area contributed by atoms with Crippen molar-refractivity contribution in [2.45, 2.75) is 116 Å². The lowest BCUT2D eigenvalue weighted by molar-refractivity contribution is 0.103. The molecule has 0 unspecified atom stereocenters. The highest BCUT2D eigenvalue weighted by molar-refractivity contribution is 6.11. The van der Waals surface area contributed by atoms with Gasteiger partial charge >= 0.3 is 0 Å². The van der Waals surface area contributed by atoms with Gasteiger partial charge in [0, 0.05) is 22.3 Å². The molecule has 0 spiro atoms. The first-order chi connectivity index (χ1) is 16.3. The van der Waals surface area contributed by atoms with E-state index in [2.05, 4.69) is 27.7 Å². The van der Waals surface area contributed by atoms with Gasteiger partial charge in [0.05, 0.1) is 0 Å². The molecule has 2 aliphatic rings. The van der Waals surface area contributed by atoms with Crippen LogP contribution in [0.2, 0.25) is 0 Å². The van der Waals surface area contributed by atoms with Crippen LogP contribution in [0.3, 0.4) is 0 Å². The van der Waals surface area contributed by atoms with Crippen molar-refractivity contribution in [1.82, 2.24) is 0 Å². The highest BCUT2D eigenvalue weighted by atomic mass is 16.3. The van der Waals surface area contributed by atoms with Crippen molar-refractivity contribution in [3.05, 3.63) is 57.6 Å². The van der Waals surface area contributed by atoms with Crippen LogP contribution in [0.25, 0.3) is 0 Å².